The summed E-state index contributed by atoms with van der Waals surface area (Å²) >= 11 is 0. The molecule has 1 unspecified atom stereocenters. The van der Waals surface area contributed by atoms with Gasteiger partial charge in [0.1, 0.15) is 11.5 Å². The third kappa shape index (κ3) is 2.33. The molecule has 2 aliphatic rings. The molecular weight excluding hydrogens is 262 g/mol. The monoisotopic (exact) mass is 281 g/mol. The summed E-state index contributed by atoms with van der Waals surface area (Å²) in [6.45, 7) is 2.44. The molecule has 0 amide bonds. The summed E-state index contributed by atoms with van der Waals surface area (Å²) in [6.07, 6.45) is 2.26. The first-order valence-corrected chi connectivity index (χ1v) is 7.62. The molecule has 4 rings (SSSR count). The van der Waals surface area contributed by atoms with Crippen LogP contribution in [0.5, 0.6) is 11.5 Å². The van der Waals surface area contributed by atoms with Crippen molar-refractivity contribution in [2.24, 2.45) is 0 Å². The maximum Gasteiger partial charge on any atom is 0.124 e. The fraction of sp³-hybridized carbons (Fsp3) is 0.333. The van der Waals surface area contributed by atoms with Crippen LogP contribution in [-0.2, 0) is 6.42 Å². The normalized spacial score (nSPS) is 19.1. The van der Waals surface area contributed by atoms with E-state index in [2.05, 4.69) is 35.6 Å². The molecule has 0 fully saturated rings. The first kappa shape index (κ1) is 12.6. The molecule has 108 valence electrons. The van der Waals surface area contributed by atoms with Crippen LogP contribution in [0, 0.1) is 0 Å². The van der Waals surface area contributed by atoms with Crippen LogP contribution in [0.3, 0.4) is 0 Å². The predicted octanol–water partition coefficient (Wildman–Crippen LogP) is 3.60. The Morgan fingerprint density at radius 3 is 3.10 bits per heavy atom. The second-order valence-corrected chi connectivity index (χ2v) is 5.67. The Morgan fingerprint density at radius 2 is 2.10 bits per heavy atom. The van der Waals surface area contributed by atoms with Crippen molar-refractivity contribution in [3.8, 4) is 11.5 Å². The smallest absolute Gasteiger partial charge is 0.124 e. The van der Waals surface area contributed by atoms with Gasteiger partial charge in [-0.25, -0.2) is 0 Å². The molecule has 2 aromatic rings. The van der Waals surface area contributed by atoms with Gasteiger partial charge in [-0.15, -0.1) is 0 Å². The molecule has 0 aromatic heterocycles. The number of para-hydroxylation sites is 1. The third-order valence-electron chi connectivity index (χ3n) is 4.29. The number of fused-ring (bicyclic) bond motifs is 2. The molecule has 21 heavy (non-hydrogen) atoms. The molecule has 0 saturated carbocycles. The Bertz CT molecular complexity index is 653. The van der Waals surface area contributed by atoms with E-state index in [1.165, 1.54) is 23.2 Å². The van der Waals surface area contributed by atoms with E-state index in [9.17, 15) is 0 Å². The first-order chi connectivity index (χ1) is 10.4. The van der Waals surface area contributed by atoms with Crippen molar-refractivity contribution in [1.29, 1.82) is 0 Å². The second-order valence-electron chi connectivity index (χ2n) is 5.67. The summed E-state index contributed by atoms with van der Waals surface area (Å²) in [4.78, 5) is 0. The first-order valence-electron chi connectivity index (χ1n) is 7.62. The maximum atomic E-state index is 6.13. The van der Waals surface area contributed by atoms with E-state index in [1.54, 1.807) is 0 Å². The van der Waals surface area contributed by atoms with Gasteiger partial charge in [0.15, 0.2) is 0 Å². The van der Waals surface area contributed by atoms with Crippen molar-refractivity contribution in [3.05, 3.63) is 53.6 Å². The van der Waals surface area contributed by atoms with Gasteiger partial charge < -0.3 is 14.8 Å². The summed E-state index contributed by atoms with van der Waals surface area (Å²) in [5.74, 6) is 2.35. The van der Waals surface area contributed by atoms with Crippen molar-refractivity contribution in [2.45, 2.75) is 18.8 Å². The molecule has 0 bridgehead atoms. The molecule has 0 radical (unpaired) electrons. The number of nitrogens with one attached hydrogen (secondary N) is 1. The third-order valence-corrected chi connectivity index (χ3v) is 4.29. The summed E-state index contributed by atoms with van der Waals surface area (Å²) < 4.78 is 11.8. The summed E-state index contributed by atoms with van der Waals surface area (Å²) in [7, 11) is 0. The molecule has 0 aliphatic carbocycles. The van der Waals surface area contributed by atoms with Crippen LogP contribution < -0.4 is 14.8 Å². The number of hydrogen-bond donors (Lipinski definition) is 1. The van der Waals surface area contributed by atoms with Gasteiger partial charge in [0, 0.05) is 23.4 Å². The number of benzene rings is 2. The van der Waals surface area contributed by atoms with E-state index < -0.39 is 0 Å². The zero-order chi connectivity index (χ0) is 14.1. The molecular formula is C18H19NO2. The van der Waals surface area contributed by atoms with Crippen molar-refractivity contribution >= 4 is 5.69 Å². The van der Waals surface area contributed by atoms with E-state index in [1.807, 2.05) is 12.1 Å². The molecule has 2 heterocycles. The van der Waals surface area contributed by atoms with Gasteiger partial charge in [0.2, 0.25) is 0 Å². The molecule has 2 aromatic carbocycles. The topological polar surface area (TPSA) is 30.5 Å². The van der Waals surface area contributed by atoms with E-state index in [4.69, 9.17) is 9.47 Å². The lowest BCUT2D eigenvalue weighted by atomic mass is 10.0. The molecule has 3 heteroatoms. The lowest BCUT2D eigenvalue weighted by molar-refractivity contribution is 0.247. The van der Waals surface area contributed by atoms with Crippen LogP contribution in [-0.4, -0.2) is 19.8 Å². The van der Waals surface area contributed by atoms with Crippen molar-refractivity contribution in [2.75, 3.05) is 25.1 Å². The molecule has 0 spiro atoms. The summed E-state index contributed by atoms with van der Waals surface area (Å²) in [5, 5.41) is 3.44. The van der Waals surface area contributed by atoms with Crippen LogP contribution >= 0.6 is 0 Å². The zero-order valence-electron chi connectivity index (χ0n) is 12.0. The molecule has 3 nitrogen and oxygen atoms in total. The Labute approximate surface area is 124 Å². The quantitative estimate of drug-likeness (QED) is 0.932. The second kappa shape index (κ2) is 5.32. The minimum absolute atomic E-state index is 0.327. The molecule has 0 saturated heterocycles. The van der Waals surface area contributed by atoms with E-state index in [0.717, 1.165) is 24.5 Å². The van der Waals surface area contributed by atoms with Crippen LogP contribution in [0.15, 0.2) is 42.5 Å². The van der Waals surface area contributed by atoms with Gasteiger partial charge >= 0.3 is 0 Å². The molecule has 1 atom stereocenters. The van der Waals surface area contributed by atoms with Crippen molar-refractivity contribution in [3.63, 3.8) is 0 Å². The highest BCUT2D eigenvalue weighted by Crippen LogP contribution is 2.35. The van der Waals surface area contributed by atoms with E-state index in [-0.39, 0.29) is 0 Å². The number of ether oxygens (including phenoxy) is 2. The van der Waals surface area contributed by atoms with E-state index in [0.29, 0.717) is 19.1 Å². The fourth-order valence-corrected chi connectivity index (χ4v) is 3.17. The minimum Gasteiger partial charge on any atom is -0.493 e. The molecule has 2 aliphatic heterocycles. The SMILES string of the molecule is c1ccc2c(c1)OCC2COc1cccc2c1CCCN2. The Balaban J connectivity index is 1.51. The fourth-order valence-electron chi connectivity index (χ4n) is 3.17. The number of rotatable bonds is 3. The average Bonchev–Trinajstić information content (AvgIpc) is 2.96. The minimum atomic E-state index is 0.327. The zero-order valence-corrected chi connectivity index (χ0v) is 12.0. The Hall–Kier alpha value is -2.16. The van der Waals surface area contributed by atoms with Crippen LogP contribution in [0.2, 0.25) is 0 Å². The summed E-state index contributed by atoms with van der Waals surface area (Å²) in [5.41, 5.74) is 3.80. The average molecular weight is 281 g/mol. The lowest BCUT2D eigenvalue weighted by Crippen LogP contribution is -2.15. The van der Waals surface area contributed by atoms with Crippen molar-refractivity contribution < 1.29 is 9.47 Å². The summed E-state index contributed by atoms with van der Waals surface area (Å²) in [6, 6.07) is 14.5. The standard InChI is InChI=1S/C18H19NO2/c1-2-8-17-14(5-1)13(11-20-17)12-21-18-9-3-7-16-15(18)6-4-10-19-16/h1-3,5,7-9,13,19H,4,6,10-12H2. The highest BCUT2D eigenvalue weighted by molar-refractivity contribution is 5.59. The van der Waals surface area contributed by atoms with Gasteiger partial charge in [0.05, 0.1) is 19.1 Å². The molecule has 1 N–H and O–H groups in total. The Kier molecular flexibility index (Phi) is 3.18. The highest BCUT2D eigenvalue weighted by Gasteiger charge is 2.24. The van der Waals surface area contributed by atoms with Gasteiger partial charge in [-0.2, -0.15) is 0 Å². The highest BCUT2D eigenvalue weighted by atomic mass is 16.5. The van der Waals surface area contributed by atoms with Gasteiger partial charge in [-0.3, -0.25) is 0 Å². The maximum absolute atomic E-state index is 6.13. The van der Waals surface area contributed by atoms with Gasteiger partial charge in [-0.1, -0.05) is 24.3 Å². The van der Waals surface area contributed by atoms with Gasteiger partial charge in [-0.05, 0) is 31.0 Å². The lowest BCUT2D eigenvalue weighted by Gasteiger charge is -2.21. The Morgan fingerprint density at radius 1 is 1.14 bits per heavy atom. The van der Waals surface area contributed by atoms with Crippen LogP contribution in [0.1, 0.15) is 23.5 Å². The van der Waals surface area contributed by atoms with Crippen LogP contribution in [0.25, 0.3) is 0 Å². The predicted molar refractivity (Wildman–Crippen MR) is 83.4 cm³/mol. The van der Waals surface area contributed by atoms with Crippen LogP contribution in [0.4, 0.5) is 5.69 Å². The largest absolute Gasteiger partial charge is 0.493 e. The van der Waals surface area contributed by atoms with Crippen molar-refractivity contribution in [1.82, 2.24) is 0 Å². The van der Waals surface area contributed by atoms with E-state index >= 15 is 0 Å². The van der Waals surface area contributed by atoms with Gasteiger partial charge in [0.25, 0.3) is 0 Å². The number of anilines is 1. The number of hydrogen-bond acceptors (Lipinski definition) is 3.